The molecule has 0 spiro atoms. The van der Waals surface area contributed by atoms with E-state index in [1.165, 1.54) is 27.2 Å². The summed E-state index contributed by atoms with van der Waals surface area (Å²) in [5, 5.41) is 5.55. The molecule has 0 radical (unpaired) electrons. The van der Waals surface area contributed by atoms with Gasteiger partial charge in [0.05, 0.1) is 23.7 Å². The Bertz CT molecular complexity index is 1360. The van der Waals surface area contributed by atoms with Gasteiger partial charge in [0, 0.05) is 30.5 Å². The summed E-state index contributed by atoms with van der Waals surface area (Å²) in [6.45, 7) is 0.124. The predicted molar refractivity (Wildman–Crippen MR) is 128 cm³/mol. The van der Waals surface area contributed by atoms with E-state index in [2.05, 4.69) is 9.97 Å². The number of halogens is 1. The maximum absolute atomic E-state index is 13.5. The monoisotopic (exact) mass is 523 g/mol. The largest absolute Gasteiger partial charge is 0.437 e. The molecular weight excluding hydrogens is 502 g/mol. The molecule has 4 rings (SSSR count). The Hall–Kier alpha value is -2.77. The Balaban J connectivity index is 1.67. The van der Waals surface area contributed by atoms with Gasteiger partial charge in [-0.25, -0.2) is 22.8 Å². The van der Waals surface area contributed by atoms with E-state index in [9.17, 15) is 16.8 Å². The summed E-state index contributed by atoms with van der Waals surface area (Å²) in [6.07, 6.45) is 4.58. The summed E-state index contributed by atoms with van der Waals surface area (Å²) in [4.78, 5) is 8.06. The van der Waals surface area contributed by atoms with Gasteiger partial charge >= 0.3 is 10.2 Å². The van der Waals surface area contributed by atoms with Crippen LogP contribution >= 0.6 is 11.6 Å². The van der Waals surface area contributed by atoms with E-state index in [0.717, 1.165) is 0 Å². The quantitative estimate of drug-likeness (QED) is 0.479. The first-order chi connectivity index (χ1) is 16.1. The molecule has 0 saturated carbocycles. The normalized spacial score (nSPS) is 18.2. The van der Waals surface area contributed by atoms with Crippen molar-refractivity contribution in [3.05, 3.63) is 77.7 Å². The van der Waals surface area contributed by atoms with Crippen molar-refractivity contribution in [2.75, 3.05) is 23.1 Å². The fraction of sp³-hybridized carbons (Fsp3) is 0.238. The molecule has 1 aromatic heterocycles. The van der Waals surface area contributed by atoms with E-state index < -0.39 is 26.3 Å². The third kappa shape index (κ3) is 5.65. The van der Waals surface area contributed by atoms with Crippen LogP contribution in [0.3, 0.4) is 0 Å². The molecule has 13 heteroatoms. The van der Waals surface area contributed by atoms with E-state index in [4.69, 9.17) is 21.5 Å². The van der Waals surface area contributed by atoms with E-state index in [1.54, 1.807) is 48.5 Å². The Morgan fingerprint density at radius 2 is 1.91 bits per heavy atom. The zero-order valence-corrected chi connectivity index (χ0v) is 20.2. The molecule has 1 aliphatic heterocycles. The number of sulfonamides is 1. The van der Waals surface area contributed by atoms with Gasteiger partial charge in [-0.3, -0.25) is 4.98 Å². The summed E-state index contributed by atoms with van der Waals surface area (Å²) in [6, 6.07) is 12.9. The van der Waals surface area contributed by atoms with Crippen LogP contribution in [0, 0.1) is 0 Å². The molecule has 180 valence electrons. The number of benzene rings is 2. The summed E-state index contributed by atoms with van der Waals surface area (Å²) in [5.41, 5.74) is 1.12. The van der Waals surface area contributed by atoms with Crippen molar-refractivity contribution in [3.8, 4) is 11.6 Å². The molecule has 2 aromatic carbocycles. The van der Waals surface area contributed by atoms with Gasteiger partial charge in [0.1, 0.15) is 5.75 Å². The SMILES string of the molecule is NS(=O)(=O)CCCN1CC(c2cccc(Oc3cnccn3)c2)N(c2ccc(Cl)cc2)S1(=O)=O. The zero-order chi connectivity index (χ0) is 24.3. The highest BCUT2D eigenvalue weighted by Gasteiger charge is 2.44. The topological polar surface area (TPSA) is 136 Å². The number of nitrogens with zero attached hydrogens (tertiary/aromatic N) is 4. The number of hydrogen-bond acceptors (Lipinski definition) is 7. The zero-order valence-electron chi connectivity index (χ0n) is 17.9. The van der Waals surface area contributed by atoms with Crippen LogP contribution in [-0.4, -0.2) is 50.0 Å². The number of nitrogens with two attached hydrogens (primary N) is 1. The minimum Gasteiger partial charge on any atom is -0.437 e. The van der Waals surface area contributed by atoms with Crippen LogP contribution < -0.4 is 14.2 Å². The summed E-state index contributed by atoms with van der Waals surface area (Å²) < 4.78 is 57.9. The van der Waals surface area contributed by atoms with Crippen LogP contribution in [-0.2, 0) is 20.2 Å². The Labute approximate surface area is 203 Å². The first kappa shape index (κ1) is 24.4. The molecule has 0 aliphatic carbocycles. The minimum atomic E-state index is -3.96. The molecule has 34 heavy (non-hydrogen) atoms. The van der Waals surface area contributed by atoms with Crippen LogP contribution in [0.1, 0.15) is 18.0 Å². The third-order valence-corrected chi connectivity index (χ3v) is 8.21. The van der Waals surface area contributed by atoms with Gasteiger partial charge in [0.2, 0.25) is 15.9 Å². The van der Waals surface area contributed by atoms with Crippen molar-refractivity contribution >= 4 is 37.5 Å². The van der Waals surface area contributed by atoms with Crippen molar-refractivity contribution in [2.45, 2.75) is 12.5 Å². The highest BCUT2D eigenvalue weighted by Crippen LogP contribution is 2.39. The lowest BCUT2D eigenvalue weighted by atomic mass is 10.1. The minimum absolute atomic E-state index is 0.00908. The fourth-order valence-corrected chi connectivity index (χ4v) is 6.18. The molecular formula is C21H22ClN5O5S2. The van der Waals surface area contributed by atoms with Crippen LogP contribution in [0.4, 0.5) is 5.69 Å². The highest BCUT2D eigenvalue weighted by molar-refractivity contribution is 7.90. The van der Waals surface area contributed by atoms with Crippen LogP contribution in [0.5, 0.6) is 11.6 Å². The second-order valence-electron chi connectivity index (χ2n) is 7.59. The maximum atomic E-state index is 13.5. The number of rotatable bonds is 8. The lowest BCUT2D eigenvalue weighted by Gasteiger charge is -2.25. The van der Waals surface area contributed by atoms with E-state index in [1.807, 2.05) is 0 Å². The molecule has 0 bridgehead atoms. The molecule has 1 aliphatic rings. The van der Waals surface area contributed by atoms with Gasteiger partial charge in [-0.1, -0.05) is 23.7 Å². The van der Waals surface area contributed by atoms with Crippen molar-refractivity contribution in [1.29, 1.82) is 0 Å². The molecule has 10 nitrogen and oxygen atoms in total. The van der Waals surface area contributed by atoms with E-state index in [-0.39, 0.29) is 25.3 Å². The van der Waals surface area contributed by atoms with Gasteiger partial charge in [-0.2, -0.15) is 12.7 Å². The van der Waals surface area contributed by atoms with Crippen LogP contribution in [0.2, 0.25) is 5.02 Å². The standard InChI is InChI=1S/C21H22ClN5O5S2/c22-17-5-7-18(8-6-17)27-20(15-26(34(27,30)31)11-2-12-33(23,28)29)16-3-1-4-19(13-16)32-21-14-24-9-10-25-21/h1,3-10,13-14,20H,2,11-12,15H2,(H2,23,28,29). The molecule has 1 fully saturated rings. The van der Waals surface area contributed by atoms with E-state index >= 15 is 0 Å². The van der Waals surface area contributed by atoms with Crippen LogP contribution in [0.25, 0.3) is 0 Å². The number of ether oxygens (including phenoxy) is 1. The van der Waals surface area contributed by atoms with Gasteiger partial charge in [-0.15, -0.1) is 0 Å². The molecule has 1 atom stereocenters. The predicted octanol–water partition coefficient (Wildman–Crippen LogP) is 2.71. The highest BCUT2D eigenvalue weighted by atomic mass is 35.5. The first-order valence-corrected chi connectivity index (χ1v) is 13.7. The fourth-order valence-electron chi connectivity index (χ4n) is 3.68. The Morgan fingerprint density at radius 3 is 2.59 bits per heavy atom. The van der Waals surface area contributed by atoms with Gasteiger partial charge in [0.25, 0.3) is 0 Å². The second-order valence-corrected chi connectivity index (χ2v) is 11.6. The first-order valence-electron chi connectivity index (χ1n) is 10.2. The van der Waals surface area contributed by atoms with E-state index in [0.29, 0.717) is 27.9 Å². The molecule has 2 heterocycles. The lowest BCUT2D eigenvalue weighted by molar-refractivity contribution is 0.428. The third-order valence-electron chi connectivity index (χ3n) is 5.16. The number of hydrogen-bond donors (Lipinski definition) is 1. The number of primary sulfonamides is 1. The van der Waals surface area contributed by atoms with Gasteiger partial charge in [0.15, 0.2) is 0 Å². The van der Waals surface area contributed by atoms with Crippen molar-refractivity contribution in [1.82, 2.24) is 14.3 Å². The van der Waals surface area contributed by atoms with Crippen LogP contribution in [0.15, 0.2) is 67.1 Å². The van der Waals surface area contributed by atoms with Crippen molar-refractivity contribution in [3.63, 3.8) is 0 Å². The Morgan fingerprint density at radius 1 is 1.15 bits per heavy atom. The molecule has 0 amide bonds. The maximum Gasteiger partial charge on any atom is 0.304 e. The summed E-state index contributed by atoms with van der Waals surface area (Å²) >= 11 is 6.01. The molecule has 3 aromatic rings. The number of aromatic nitrogens is 2. The molecule has 1 saturated heterocycles. The van der Waals surface area contributed by atoms with Crippen molar-refractivity contribution in [2.24, 2.45) is 5.14 Å². The Kier molecular flexibility index (Phi) is 7.05. The summed E-state index contributed by atoms with van der Waals surface area (Å²) in [5.74, 6) is 0.462. The second kappa shape index (κ2) is 9.84. The smallest absolute Gasteiger partial charge is 0.304 e. The lowest BCUT2D eigenvalue weighted by Crippen LogP contribution is -2.35. The summed E-state index contributed by atoms with van der Waals surface area (Å²) in [7, 11) is -7.66. The molecule has 1 unspecified atom stereocenters. The number of anilines is 1. The van der Waals surface area contributed by atoms with Crippen molar-refractivity contribution < 1.29 is 21.6 Å². The average molecular weight is 524 g/mol. The van der Waals surface area contributed by atoms with Gasteiger partial charge in [-0.05, 0) is 48.4 Å². The average Bonchev–Trinajstić information content (AvgIpc) is 3.05. The molecule has 2 N–H and O–H groups in total. The van der Waals surface area contributed by atoms with Gasteiger partial charge < -0.3 is 4.74 Å².